The first kappa shape index (κ1) is 13.1. The molecule has 1 aliphatic rings. The summed E-state index contributed by atoms with van der Waals surface area (Å²) in [6.45, 7) is 8.14. The van der Waals surface area contributed by atoms with Gasteiger partial charge in [0.1, 0.15) is 5.82 Å². The molecule has 100 valence electrons. The van der Waals surface area contributed by atoms with Crippen molar-refractivity contribution in [2.45, 2.75) is 19.4 Å². The minimum atomic E-state index is -0.627. The number of hydrogen-bond acceptors (Lipinski definition) is 5. The summed E-state index contributed by atoms with van der Waals surface area (Å²) in [7, 11) is 0. The van der Waals surface area contributed by atoms with Crippen LogP contribution in [-0.2, 0) is 0 Å². The van der Waals surface area contributed by atoms with Crippen molar-refractivity contribution in [3.05, 3.63) is 18.3 Å². The number of hydrogen-bond donors (Lipinski definition) is 2. The summed E-state index contributed by atoms with van der Waals surface area (Å²) in [6, 6.07) is 3.71. The molecule has 1 aromatic heterocycles. The molecular weight excluding hydrogens is 228 g/mol. The molecule has 0 aromatic carbocycles. The van der Waals surface area contributed by atoms with E-state index in [2.05, 4.69) is 14.8 Å². The molecule has 3 N–H and O–H groups in total. The molecule has 1 aromatic rings. The van der Waals surface area contributed by atoms with Gasteiger partial charge in [0.05, 0.1) is 5.60 Å². The number of nitrogen functional groups attached to an aromatic ring is 1. The Labute approximate surface area is 108 Å². The van der Waals surface area contributed by atoms with Gasteiger partial charge < -0.3 is 15.7 Å². The number of anilines is 2. The number of β-amino-alcohol motifs (C(OH)–C–C–N with tert-alkyl or cyclic N) is 1. The van der Waals surface area contributed by atoms with Crippen molar-refractivity contribution in [3.63, 3.8) is 0 Å². The number of rotatable bonds is 3. The lowest BCUT2D eigenvalue weighted by atomic mass is 10.1. The van der Waals surface area contributed by atoms with Gasteiger partial charge in [-0.2, -0.15) is 0 Å². The number of aliphatic hydroxyl groups is 1. The molecule has 0 aliphatic carbocycles. The van der Waals surface area contributed by atoms with E-state index in [1.807, 2.05) is 19.9 Å². The fourth-order valence-corrected chi connectivity index (χ4v) is 2.29. The highest BCUT2D eigenvalue weighted by Crippen LogP contribution is 2.16. The minimum Gasteiger partial charge on any atom is -0.399 e. The first-order valence-corrected chi connectivity index (χ1v) is 6.35. The molecule has 0 unspecified atom stereocenters. The predicted octanol–water partition coefficient (Wildman–Crippen LogP) is 0.557. The van der Waals surface area contributed by atoms with Crippen LogP contribution in [0.5, 0.6) is 0 Å². The Morgan fingerprint density at radius 2 is 2.00 bits per heavy atom. The van der Waals surface area contributed by atoms with E-state index in [1.165, 1.54) is 0 Å². The third-order valence-electron chi connectivity index (χ3n) is 3.08. The average Bonchev–Trinajstić information content (AvgIpc) is 2.28. The Morgan fingerprint density at radius 3 is 2.56 bits per heavy atom. The van der Waals surface area contributed by atoms with Gasteiger partial charge in [0.2, 0.25) is 0 Å². The Morgan fingerprint density at radius 1 is 1.33 bits per heavy atom. The van der Waals surface area contributed by atoms with Crippen LogP contribution in [-0.4, -0.2) is 53.3 Å². The number of aromatic nitrogens is 1. The van der Waals surface area contributed by atoms with Gasteiger partial charge in [-0.15, -0.1) is 0 Å². The number of nitrogens with zero attached hydrogens (tertiary/aromatic N) is 3. The summed E-state index contributed by atoms with van der Waals surface area (Å²) < 4.78 is 0. The van der Waals surface area contributed by atoms with E-state index >= 15 is 0 Å². The third-order valence-corrected chi connectivity index (χ3v) is 3.08. The summed E-state index contributed by atoms with van der Waals surface area (Å²) >= 11 is 0. The monoisotopic (exact) mass is 250 g/mol. The van der Waals surface area contributed by atoms with E-state index in [0.29, 0.717) is 6.54 Å². The van der Waals surface area contributed by atoms with E-state index in [0.717, 1.165) is 37.7 Å². The van der Waals surface area contributed by atoms with Crippen LogP contribution in [0, 0.1) is 0 Å². The van der Waals surface area contributed by atoms with Crippen molar-refractivity contribution >= 4 is 11.5 Å². The Bertz CT molecular complexity index is 394. The van der Waals surface area contributed by atoms with Crippen LogP contribution in [0.15, 0.2) is 18.3 Å². The summed E-state index contributed by atoms with van der Waals surface area (Å²) in [5.74, 6) is 0.943. The zero-order valence-corrected chi connectivity index (χ0v) is 11.1. The van der Waals surface area contributed by atoms with Crippen LogP contribution >= 0.6 is 0 Å². The topological polar surface area (TPSA) is 65.6 Å². The van der Waals surface area contributed by atoms with Gasteiger partial charge in [-0.3, -0.25) is 4.90 Å². The summed E-state index contributed by atoms with van der Waals surface area (Å²) in [4.78, 5) is 8.85. The Hall–Kier alpha value is -1.33. The fourth-order valence-electron chi connectivity index (χ4n) is 2.29. The minimum absolute atomic E-state index is 0.627. The van der Waals surface area contributed by atoms with Gasteiger partial charge in [0, 0.05) is 50.7 Å². The molecule has 5 heteroatoms. The van der Waals surface area contributed by atoms with Crippen molar-refractivity contribution in [3.8, 4) is 0 Å². The number of nitrogens with two attached hydrogens (primary N) is 1. The van der Waals surface area contributed by atoms with Gasteiger partial charge in [-0.05, 0) is 19.9 Å². The molecule has 5 nitrogen and oxygen atoms in total. The maximum atomic E-state index is 9.81. The highest BCUT2D eigenvalue weighted by molar-refractivity contribution is 5.50. The van der Waals surface area contributed by atoms with Crippen LogP contribution in [0.2, 0.25) is 0 Å². The van der Waals surface area contributed by atoms with Crippen LogP contribution in [0.4, 0.5) is 11.5 Å². The van der Waals surface area contributed by atoms with Crippen LogP contribution in [0.1, 0.15) is 13.8 Å². The summed E-state index contributed by atoms with van der Waals surface area (Å²) in [5.41, 5.74) is 5.89. The van der Waals surface area contributed by atoms with E-state index in [1.54, 1.807) is 12.3 Å². The van der Waals surface area contributed by atoms with Gasteiger partial charge in [0.25, 0.3) is 0 Å². The second-order valence-corrected chi connectivity index (χ2v) is 5.52. The van der Waals surface area contributed by atoms with Crippen LogP contribution in [0.25, 0.3) is 0 Å². The molecule has 0 spiro atoms. The smallest absolute Gasteiger partial charge is 0.130 e. The molecular formula is C13H22N4O. The molecule has 2 rings (SSSR count). The zero-order chi connectivity index (χ0) is 13.2. The second kappa shape index (κ2) is 5.12. The maximum absolute atomic E-state index is 9.81. The van der Waals surface area contributed by atoms with Gasteiger partial charge in [-0.25, -0.2) is 4.98 Å². The molecule has 0 amide bonds. The first-order valence-electron chi connectivity index (χ1n) is 6.35. The van der Waals surface area contributed by atoms with Gasteiger partial charge in [-0.1, -0.05) is 0 Å². The van der Waals surface area contributed by atoms with Crippen molar-refractivity contribution in [1.82, 2.24) is 9.88 Å². The first-order chi connectivity index (χ1) is 8.44. The zero-order valence-electron chi connectivity index (χ0n) is 11.1. The Kier molecular flexibility index (Phi) is 3.73. The number of pyridine rings is 1. The molecule has 2 heterocycles. The van der Waals surface area contributed by atoms with Crippen molar-refractivity contribution in [2.24, 2.45) is 0 Å². The molecule has 1 aliphatic heterocycles. The molecule has 18 heavy (non-hydrogen) atoms. The molecule has 1 fully saturated rings. The highest BCUT2D eigenvalue weighted by atomic mass is 16.3. The third kappa shape index (κ3) is 3.58. The SMILES string of the molecule is CC(C)(O)CN1CCN(c2cc(N)ccn2)CC1. The second-order valence-electron chi connectivity index (χ2n) is 5.52. The van der Waals surface area contributed by atoms with Gasteiger partial charge in [0.15, 0.2) is 0 Å². The quantitative estimate of drug-likeness (QED) is 0.820. The lowest BCUT2D eigenvalue weighted by Crippen LogP contribution is -2.50. The van der Waals surface area contributed by atoms with E-state index in [4.69, 9.17) is 5.73 Å². The summed E-state index contributed by atoms with van der Waals surface area (Å²) in [5, 5.41) is 9.81. The molecule has 0 atom stereocenters. The number of piperazine rings is 1. The molecule has 0 bridgehead atoms. The normalized spacial score (nSPS) is 18.1. The van der Waals surface area contributed by atoms with Crippen LogP contribution in [0.3, 0.4) is 0 Å². The maximum Gasteiger partial charge on any atom is 0.130 e. The van der Waals surface area contributed by atoms with E-state index < -0.39 is 5.60 Å². The lowest BCUT2D eigenvalue weighted by molar-refractivity contribution is 0.0344. The van der Waals surface area contributed by atoms with Crippen molar-refractivity contribution in [1.29, 1.82) is 0 Å². The average molecular weight is 250 g/mol. The van der Waals surface area contributed by atoms with Crippen LogP contribution < -0.4 is 10.6 Å². The molecule has 1 saturated heterocycles. The Balaban J connectivity index is 1.91. The molecule has 0 saturated carbocycles. The largest absolute Gasteiger partial charge is 0.399 e. The van der Waals surface area contributed by atoms with Crippen molar-refractivity contribution in [2.75, 3.05) is 43.4 Å². The summed E-state index contributed by atoms with van der Waals surface area (Å²) in [6.07, 6.45) is 1.74. The van der Waals surface area contributed by atoms with Crippen molar-refractivity contribution < 1.29 is 5.11 Å². The predicted molar refractivity (Wildman–Crippen MR) is 73.6 cm³/mol. The highest BCUT2D eigenvalue weighted by Gasteiger charge is 2.23. The molecule has 0 radical (unpaired) electrons. The fraction of sp³-hybridized carbons (Fsp3) is 0.615. The van der Waals surface area contributed by atoms with Gasteiger partial charge >= 0.3 is 0 Å². The van der Waals surface area contributed by atoms with E-state index in [9.17, 15) is 5.11 Å². The van der Waals surface area contributed by atoms with E-state index in [-0.39, 0.29) is 0 Å². The lowest BCUT2D eigenvalue weighted by Gasteiger charge is -2.37. The standard InChI is InChI=1S/C13H22N4O/c1-13(2,18)10-16-5-7-17(8-6-16)12-9-11(14)3-4-15-12/h3-4,9,18H,5-8,10H2,1-2H3,(H2,14,15).